The lowest BCUT2D eigenvalue weighted by Gasteiger charge is -2.37. The second-order valence-electron chi connectivity index (χ2n) is 5.36. The Bertz CT molecular complexity index is 408. The predicted octanol–water partition coefficient (Wildman–Crippen LogP) is 3.09. The van der Waals surface area contributed by atoms with Crippen molar-refractivity contribution in [3.05, 3.63) is 35.4 Å². The summed E-state index contributed by atoms with van der Waals surface area (Å²) in [6.07, 6.45) is 3.33. The van der Waals surface area contributed by atoms with E-state index < -0.39 is 17.2 Å². The van der Waals surface area contributed by atoms with Crippen LogP contribution in [0.1, 0.15) is 44.6 Å². The van der Waals surface area contributed by atoms with Crippen LogP contribution >= 0.6 is 0 Å². The average molecular weight is 269 g/mol. The van der Waals surface area contributed by atoms with Gasteiger partial charge in [0.25, 0.3) is 0 Å². The minimum atomic E-state index is -1.36. The van der Waals surface area contributed by atoms with E-state index in [-0.39, 0.29) is 5.56 Å². The second kappa shape index (κ2) is 5.97. The third kappa shape index (κ3) is 3.12. The second-order valence-corrected chi connectivity index (χ2v) is 5.36. The molecule has 0 amide bonds. The Morgan fingerprint density at radius 1 is 1.26 bits per heavy atom. The Kier molecular flexibility index (Phi) is 4.53. The normalized spacial score (nSPS) is 27.5. The molecule has 0 atom stereocenters. The molecule has 4 heteroatoms. The fourth-order valence-corrected chi connectivity index (χ4v) is 2.84. The summed E-state index contributed by atoms with van der Waals surface area (Å²) in [7, 11) is 0. The molecule has 106 valence electrons. The van der Waals surface area contributed by atoms with Gasteiger partial charge in [-0.2, -0.15) is 0 Å². The highest BCUT2D eigenvalue weighted by atomic mass is 19.1. The lowest BCUT2D eigenvalue weighted by atomic mass is 9.77. The zero-order chi connectivity index (χ0) is 13.9. The van der Waals surface area contributed by atoms with Crippen molar-refractivity contribution in [1.29, 1.82) is 0 Å². The molecule has 1 aliphatic rings. The Morgan fingerprint density at radius 3 is 2.37 bits per heavy atom. The molecule has 0 aliphatic heterocycles. The molecule has 0 aromatic heterocycles. The van der Waals surface area contributed by atoms with E-state index in [0.717, 1.165) is 25.8 Å². The van der Waals surface area contributed by atoms with Crippen LogP contribution in [0.5, 0.6) is 0 Å². The van der Waals surface area contributed by atoms with Crippen molar-refractivity contribution in [2.75, 3.05) is 6.54 Å². The number of rotatable bonds is 4. The summed E-state index contributed by atoms with van der Waals surface area (Å²) < 4.78 is 27.5. The molecule has 0 unspecified atom stereocenters. The number of benzene rings is 1. The quantitative estimate of drug-likeness (QED) is 0.880. The van der Waals surface area contributed by atoms with Crippen LogP contribution in [0.15, 0.2) is 18.2 Å². The Hall–Kier alpha value is -1.00. The summed E-state index contributed by atoms with van der Waals surface area (Å²) in [5.41, 5.74) is -1.52. The first-order chi connectivity index (χ1) is 9.07. The number of nitrogens with one attached hydrogen (secondary N) is 1. The van der Waals surface area contributed by atoms with E-state index in [4.69, 9.17) is 0 Å². The van der Waals surface area contributed by atoms with Crippen molar-refractivity contribution in [1.82, 2.24) is 5.32 Å². The molecular formula is C15H21F2NO. The van der Waals surface area contributed by atoms with Crippen molar-refractivity contribution in [2.45, 2.75) is 50.7 Å². The Balaban J connectivity index is 2.09. The third-order valence-corrected chi connectivity index (χ3v) is 3.92. The van der Waals surface area contributed by atoms with Gasteiger partial charge >= 0.3 is 0 Å². The molecule has 0 spiro atoms. The molecular weight excluding hydrogens is 248 g/mol. The van der Waals surface area contributed by atoms with Crippen molar-refractivity contribution in [3.8, 4) is 0 Å². The number of aliphatic hydroxyl groups is 1. The van der Waals surface area contributed by atoms with E-state index in [2.05, 4.69) is 12.2 Å². The van der Waals surface area contributed by atoms with Gasteiger partial charge in [-0.25, -0.2) is 8.78 Å². The first-order valence-electron chi connectivity index (χ1n) is 6.97. The number of hydrogen-bond acceptors (Lipinski definition) is 2. The van der Waals surface area contributed by atoms with Gasteiger partial charge < -0.3 is 10.4 Å². The highest BCUT2D eigenvalue weighted by Gasteiger charge is 2.38. The molecule has 1 aromatic carbocycles. The van der Waals surface area contributed by atoms with Crippen molar-refractivity contribution in [2.24, 2.45) is 0 Å². The van der Waals surface area contributed by atoms with Crippen LogP contribution < -0.4 is 5.32 Å². The van der Waals surface area contributed by atoms with Gasteiger partial charge in [0.05, 0.1) is 11.2 Å². The van der Waals surface area contributed by atoms with Crippen LogP contribution in [0.3, 0.4) is 0 Å². The van der Waals surface area contributed by atoms with E-state index in [9.17, 15) is 13.9 Å². The average Bonchev–Trinajstić information content (AvgIpc) is 2.38. The SMILES string of the molecule is CCCNC1CCC(O)(c2c(F)cccc2F)CC1. The van der Waals surface area contributed by atoms with E-state index >= 15 is 0 Å². The summed E-state index contributed by atoms with van der Waals surface area (Å²) in [5, 5.41) is 13.9. The summed E-state index contributed by atoms with van der Waals surface area (Å²) in [4.78, 5) is 0. The first-order valence-corrected chi connectivity index (χ1v) is 6.97. The van der Waals surface area contributed by atoms with E-state index in [1.54, 1.807) is 0 Å². The third-order valence-electron chi connectivity index (χ3n) is 3.92. The molecule has 0 radical (unpaired) electrons. The molecule has 2 N–H and O–H groups in total. The molecule has 2 rings (SSSR count). The van der Waals surface area contributed by atoms with Gasteiger partial charge in [0.15, 0.2) is 0 Å². The fraction of sp³-hybridized carbons (Fsp3) is 0.600. The van der Waals surface area contributed by atoms with Crippen molar-refractivity contribution < 1.29 is 13.9 Å². The van der Waals surface area contributed by atoms with Gasteiger partial charge in [-0.3, -0.25) is 0 Å². The number of halogens is 2. The Morgan fingerprint density at radius 2 is 1.84 bits per heavy atom. The van der Waals surface area contributed by atoms with Crippen molar-refractivity contribution >= 4 is 0 Å². The number of hydrogen-bond donors (Lipinski definition) is 2. The van der Waals surface area contributed by atoms with Gasteiger partial charge in [0.2, 0.25) is 0 Å². The van der Waals surface area contributed by atoms with Gasteiger partial charge in [-0.05, 0) is 50.8 Å². The van der Waals surface area contributed by atoms with E-state index in [1.165, 1.54) is 18.2 Å². The molecule has 19 heavy (non-hydrogen) atoms. The van der Waals surface area contributed by atoms with Crippen LogP contribution in [0, 0.1) is 11.6 Å². The summed E-state index contributed by atoms with van der Waals surface area (Å²) in [6.45, 7) is 3.04. The summed E-state index contributed by atoms with van der Waals surface area (Å²) in [5.74, 6) is -1.30. The fourth-order valence-electron chi connectivity index (χ4n) is 2.84. The minimum Gasteiger partial charge on any atom is -0.385 e. The van der Waals surface area contributed by atoms with Crippen LogP contribution in [0.25, 0.3) is 0 Å². The summed E-state index contributed by atoms with van der Waals surface area (Å²) in [6, 6.07) is 4.08. The molecule has 0 heterocycles. The molecule has 2 nitrogen and oxygen atoms in total. The van der Waals surface area contributed by atoms with Gasteiger partial charge in [0.1, 0.15) is 11.6 Å². The van der Waals surface area contributed by atoms with Gasteiger partial charge in [0, 0.05) is 6.04 Å². The molecule has 1 aromatic rings. The maximum absolute atomic E-state index is 13.8. The zero-order valence-electron chi connectivity index (χ0n) is 11.3. The molecule has 0 saturated heterocycles. The predicted molar refractivity (Wildman–Crippen MR) is 70.8 cm³/mol. The summed E-state index contributed by atoms with van der Waals surface area (Å²) >= 11 is 0. The van der Waals surface area contributed by atoms with Crippen LogP contribution in [-0.4, -0.2) is 17.7 Å². The molecule has 1 fully saturated rings. The van der Waals surface area contributed by atoms with E-state index in [0.29, 0.717) is 18.9 Å². The lowest BCUT2D eigenvalue weighted by Crippen LogP contribution is -2.40. The maximum Gasteiger partial charge on any atom is 0.132 e. The van der Waals surface area contributed by atoms with Gasteiger partial charge in [-0.1, -0.05) is 13.0 Å². The van der Waals surface area contributed by atoms with Crippen LogP contribution in [0.2, 0.25) is 0 Å². The first kappa shape index (κ1) is 14.4. The molecule has 0 bridgehead atoms. The van der Waals surface area contributed by atoms with Crippen LogP contribution in [0.4, 0.5) is 8.78 Å². The largest absolute Gasteiger partial charge is 0.385 e. The lowest BCUT2D eigenvalue weighted by molar-refractivity contribution is -0.0143. The Labute approximate surface area is 112 Å². The van der Waals surface area contributed by atoms with Crippen LogP contribution in [-0.2, 0) is 5.60 Å². The van der Waals surface area contributed by atoms with E-state index in [1.807, 2.05) is 0 Å². The smallest absolute Gasteiger partial charge is 0.132 e. The molecule has 1 saturated carbocycles. The monoisotopic (exact) mass is 269 g/mol. The highest BCUT2D eigenvalue weighted by Crippen LogP contribution is 2.39. The minimum absolute atomic E-state index is 0.163. The zero-order valence-corrected chi connectivity index (χ0v) is 11.3. The van der Waals surface area contributed by atoms with Gasteiger partial charge in [-0.15, -0.1) is 0 Å². The maximum atomic E-state index is 13.8. The highest BCUT2D eigenvalue weighted by molar-refractivity contribution is 5.27. The topological polar surface area (TPSA) is 32.3 Å². The standard InChI is InChI=1S/C15H21F2NO/c1-2-10-18-11-6-8-15(19,9-7-11)14-12(16)4-3-5-13(14)17/h3-5,11,18-19H,2,6-10H2,1H3. The molecule has 1 aliphatic carbocycles. The van der Waals surface area contributed by atoms with Crippen molar-refractivity contribution in [3.63, 3.8) is 0 Å².